The molecule has 9 heteroatoms. The lowest BCUT2D eigenvalue weighted by Gasteiger charge is -2.11. The number of carbonyl (C=O) groups excluding carboxylic acids is 1. The van der Waals surface area contributed by atoms with Crippen LogP contribution in [0.5, 0.6) is 0 Å². The SMILES string of the molecule is CN=C(NCCNC(=O)Cc1cccc(F)c1)NCc1coc(-c2ccccc2)n1.I. The van der Waals surface area contributed by atoms with Gasteiger partial charge in [-0.25, -0.2) is 9.37 Å². The molecule has 31 heavy (non-hydrogen) atoms. The minimum atomic E-state index is -0.347. The van der Waals surface area contributed by atoms with Gasteiger partial charge >= 0.3 is 0 Å². The van der Waals surface area contributed by atoms with E-state index in [-0.39, 0.29) is 42.1 Å². The topological polar surface area (TPSA) is 91.5 Å². The lowest BCUT2D eigenvalue weighted by Crippen LogP contribution is -2.41. The maximum atomic E-state index is 13.2. The monoisotopic (exact) mass is 537 g/mol. The number of rotatable bonds is 8. The number of guanidine groups is 1. The van der Waals surface area contributed by atoms with Gasteiger partial charge in [0.15, 0.2) is 5.96 Å². The molecule has 3 N–H and O–H groups in total. The average molecular weight is 537 g/mol. The van der Waals surface area contributed by atoms with Gasteiger partial charge in [0.25, 0.3) is 0 Å². The summed E-state index contributed by atoms with van der Waals surface area (Å²) < 4.78 is 18.7. The molecule has 164 valence electrons. The van der Waals surface area contributed by atoms with Crippen molar-refractivity contribution in [3.8, 4) is 11.5 Å². The zero-order chi connectivity index (χ0) is 21.2. The van der Waals surface area contributed by atoms with Crippen molar-refractivity contribution in [2.24, 2.45) is 4.99 Å². The first-order valence-corrected chi connectivity index (χ1v) is 9.59. The average Bonchev–Trinajstić information content (AvgIpc) is 3.23. The quantitative estimate of drug-likeness (QED) is 0.178. The van der Waals surface area contributed by atoms with Crippen molar-refractivity contribution in [1.82, 2.24) is 20.9 Å². The Bertz CT molecular complexity index is 994. The van der Waals surface area contributed by atoms with E-state index in [1.165, 1.54) is 12.1 Å². The Morgan fingerprint density at radius 1 is 1.06 bits per heavy atom. The van der Waals surface area contributed by atoms with Crippen LogP contribution in [0.25, 0.3) is 11.5 Å². The third-order valence-electron chi connectivity index (χ3n) is 4.23. The van der Waals surface area contributed by atoms with Crippen LogP contribution in [0.4, 0.5) is 4.39 Å². The van der Waals surface area contributed by atoms with Crippen molar-refractivity contribution in [3.63, 3.8) is 0 Å². The normalized spacial score (nSPS) is 10.8. The van der Waals surface area contributed by atoms with Gasteiger partial charge in [0.05, 0.1) is 18.7 Å². The second kappa shape index (κ2) is 12.7. The summed E-state index contributed by atoms with van der Waals surface area (Å²) in [7, 11) is 1.66. The molecule has 0 unspecified atom stereocenters. The lowest BCUT2D eigenvalue weighted by molar-refractivity contribution is -0.120. The molecule has 1 aromatic heterocycles. The van der Waals surface area contributed by atoms with Gasteiger partial charge in [0.1, 0.15) is 12.1 Å². The number of aliphatic imine (C=N–C) groups is 1. The number of halogens is 2. The number of amides is 1. The third kappa shape index (κ3) is 8.00. The van der Waals surface area contributed by atoms with E-state index >= 15 is 0 Å². The Labute approximate surface area is 197 Å². The molecule has 7 nitrogen and oxygen atoms in total. The summed E-state index contributed by atoms with van der Waals surface area (Å²) >= 11 is 0. The molecule has 0 saturated heterocycles. The predicted molar refractivity (Wildman–Crippen MR) is 129 cm³/mol. The molecule has 0 aliphatic rings. The lowest BCUT2D eigenvalue weighted by atomic mass is 10.1. The Hall–Kier alpha value is -2.95. The number of carbonyl (C=O) groups is 1. The molecule has 0 radical (unpaired) electrons. The van der Waals surface area contributed by atoms with Crippen LogP contribution in [0, 0.1) is 5.82 Å². The van der Waals surface area contributed by atoms with Crippen LogP contribution >= 0.6 is 24.0 Å². The molecule has 0 saturated carbocycles. The van der Waals surface area contributed by atoms with Crippen LogP contribution in [-0.2, 0) is 17.8 Å². The molecule has 0 atom stereocenters. The van der Waals surface area contributed by atoms with E-state index < -0.39 is 0 Å². The number of hydrogen-bond acceptors (Lipinski definition) is 4. The fourth-order valence-electron chi connectivity index (χ4n) is 2.77. The molecule has 0 fully saturated rings. The molecule has 1 amide bonds. The van der Waals surface area contributed by atoms with E-state index in [1.54, 1.807) is 25.4 Å². The molecule has 1 heterocycles. The van der Waals surface area contributed by atoms with Gasteiger partial charge in [0, 0.05) is 25.7 Å². The Morgan fingerprint density at radius 3 is 2.58 bits per heavy atom. The summed E-state index contributed by atoms with van der Waals surface area (Å²) in [6.45, 7) is 1.35. The van der Waals surface area contributed by atoms with Crippen LogP contribution in [0.15, 0.2) is 70.3 Å². The van der Waals surface area contributed by atoms with Crippen molar-refractivity contribution < 1.29 is 13.6 Å². The standard InChI is InChI=1S/C22H24FN5O2.HI/c1-24-22(26-11-10-25-20(29)13-16-6-5-9-18(23)12-16)27-14-19-15-30-21(28-19)17-7-3-2-4-8-17;/h2-9,12,15H,10-11,13-14H2,1H3,(H,25,29)(H2,24,26,27);1H. The second-order valence-electron chi connectivity index (χ2n) is 6.52. The van der Waals surface area contributed by atoms with Gasteiger partial charge in [-0.15, -0.1) is 24.0 Å². The van der Waals surface area contributed by atoms with E-state index in [1.807, 2.05) is 30.3 Å². The van der Waals surface area contributed by atoms with E-state index in [0.29, 0.717) is 37.0 Å². The highest BCUT2D eigenvalue weighted by Gasteiger charge is 2.07. The fourth-order valence-corrected chi connectivity index (χ4v) is 2.77. The van der Waals surface area contributed by atoms with E-state index in [4.69, 9.17) is 4.42 Å². The number of hydrogen-bond donors (Lipinski definition) is 3. The van der Waals surface area contributed by atoms with Crippen LogP contribution in [0.2, 0.25) is 0 Å². The summed E-state index contributed by atoms with van der Waals surface area (Å²) in [4.78, 5) is 20.5. The Morgan fingerprint density at radius 2 is 1.84 bits per heavy atom. The molecule has 0 spiro atoms. The van der Waals surface area contributed by atoms with Gasteiger partial charge in [-0.1, -0.05) is 30.3 Å². The number of benzene rings is 2. The molecule has 2 aromatic carbocycles. The van der Waals surface area contributed by atoms with Crippen molar-refractivity contribution in [1.29, 1.82) is 0 Å². The zero-order valence-corrected chi connectivity index (χ0v) is 19.4. The molecular formula is C22H25FIN5O2. The fraction of sp³-hybridized carbons (Fsp3) is 0.227. The second-order valence-corrected chi connectivity index (χ2v) is 6.52. The number of aromatic nitrogens is 1. The molecule has 0 aliphatic heterocycles. The van der Waals surface area contributed by atoms with E-state index in [9.17, 15) is 9.18 Å². The summed E-state index contributed by atoms with van der Waals surface area (Å²) in [5, 5.41) is 9.05. The summed E-state index contributed by atoms with van der Waals surface area (Å²) in [6.07, 6.45) is 1.75. The number of nitrogens with one attached hydrogen (secondary N) is 3. The minimum absolute atomic E-state index is 0. The summed E-state index contributed by atoms with van der Waals surface area (Å²) in [6, 6.07) is 15.7. The van der Waals surface area contributed by atoms with Gasteiger partial charge in [-0.2, -0.15) is 0 Å². The summed E-state index contributed by atoms with van der Waals surface area (Å²) in [5.74, 6) is 0.635. The number of oxazole rings is 1. The first-order valence-electron chi connectivity index (χ1n) is 9.59. The van der Waals surface area contributed by atoms with Gasteiger partial charge < -0.3 is 20.4 Å². The Balaban J connectivity index is 0.00000341. The van der Waals surface area contributed by atoms with Gasteiger partial charge in [0.2, 0.25) is 11.8 Å². The van der Waals surface area contributed by atoms with Crippen molar-refractivity contribution in [2.75, 3.05) is 20.1 Å². The molecule has 0 bridgehead atoms. The first-order chi connectivity index (χ1) is 14.6. The predicted octanol–water partition coefficient (Wildman–Crippen LogP) is 3.12. The first kappa shape index (κ1) is 24.3. The van der Waals surface area contributed by atoms with Crippen LogP contribution in [-0.4, -0.2) is 37.0 Å². The van der Waals surface area contributed by atoms with Gasteiger partial charge in [-0.3, -0.25) is 9.79 Å². The van der Waals surface area contributed by atoms with Crippen molar-refractivity contribution in [2.45, 2.75) is 13.0 Å². The minimum Gasteiger partial charge on any atom is -0.444 e. The van der Waals surface area contributed by atoms with Gasteiger partial charge in [-0.05, 0) is 29.8 Å². The highest BCUT2D eigenvalue weighted by Crippen LogP contribution is 2.17. The smallest absolute Gasteiger partial charge is 0.226 e. The van der Waals surface area contributed by atoms with Crippen molar-refractivity contribution in [3.05, 3.63) is 77.9 Å². The molecular weight excluding hydrogens is 512 g/mol. The van der Waals surface area contributed by atoms with Crippen LogP contribution in [0.1, 0.15) is 11.3 Å². The third-order valence-corrected chi connectivity index (χ3v) is 4.23. The van der Waals surface area contributed by atoms with Crippen molar-refractivity contribution >= 4 is 35.8 Å². The maximum Gasteiger partial charge on any atom is 0.226 e. The highest BCUT2D eigenvalue weighted by molar-refractivity contribution is 14.0. The molecule has 3 rings (SSSR count). The highest BCUT2D eigenvalue weighted by atomic mass is 127. The largest absolute Gasteiger partial charge is 0.444 e. The zero-order valence-electron chi connectivity index (χ0n) is 17.1. The van der Waals surface area contributed by atoms with Crippen LogP contribution < -0.4 is 16.0 Å². The molecule has 3 aromatic rings. The number of nitrogens with zero attached hydrogens (tertiary/aromatic N) is 2. The maximum absolute atomic E-state index is 13.2. The van der Waals surface area contributed by atoms with Crippen LogP contribution in [0.3, 0.4) is 0 Å². The Kier molecular flexibility index (Phi) is 9.95. The van der Waals surface area contributed by atoms with E-state index in [0.717, 1.165) is 11.3 Å². The summed E-state index contributed by atoms with van der Waals surface area (Å²) in [5.41, 5.74) is 2.31. The molecule has 0 aliphatic carbocycles. The van der Waals surface area contributed by atoms with E-state index in [2.05, 4.69) is 25.9 Å².